The highest BCUT2D eigenvalue weighted by molar-refractivity contribution is 5.59. The maximum atomic E-state index is 14.0. The standard InChI is InChI=1S/C15H14F2N4O2/c16-9-3-4-11(17)10(8-9)12-2-1-7-20(12)14-6-5-13(21(22)23)15(18)19-14/h3-6,8,12H,1-2,7H2,(H2,18,19)/t12-/m1/s1. The minimum atomic E-state index is -0.611. The van der Waals surface area contributed by atoms with Crippen LogP contribution in [0.4, 0.5) is 26.1 Å². The van der Waals surface area contributed by atoms with E-state index >= 15 is 0 Å². The van der Waals surface area contributed by atoms with E-state index in [1.54, 1.807) is 4.90 Å². The molecule has 0 saturated carbocycles. The van der Waals surface area contributed by atoms with Gasteiger partial charge in [0.25, 0.3) is 0 Å². The van der Waals surface area contributed by atoms with E-state index in [-0.39, 0.29) is 23.1 Å². The van der Waals surface area contributed by atoms with Gasteiger partial charge in [-0.05, 0) is 37.1 Å². The number of pyridine rings is 1. The van der Waals surface area contributed by atoms with Gasteiger partial charge < -0.3 is 10.6 Å². The van der Waals surface area contributed by atoms with E-state index in [9.17, 15) is 18.9 Å². The lowest BCUT2D eigenvalue weighted by Gasteiger charge is -2.26. The van der Waals surface area contributed by atoms with Crippen molar-refractivity contribution in [2.24, 2.45) is 0 Å². The first-order valence-corrected chi connectivity index (χ1v) is 7.10. The zero-order valence-electron chi connectivity index (χ0n) is 12.1. The van der Waals surface area contributed by atoms with Crippen LogP contribution in [0.3, 0.4) is 0 Å². The van der Waals surface area contributed by atoms with Crippen LogP contribution in [0.2, 0.25) is 0 Å². The van der Waals surface area contributed by atoms with Gasteiger partial charge in [-0.3, -0.25) is 10.1 Å². The van der Waals surface area contributed by atoms with Crippen LogP contribution in [0, 0.1) is 21.7 Å². The Labute approximate surface area is 130 Å². The number of nitrogens with two attached hydrogens (primary N) is 1. The van der Waals surface area contributed by atoms with E-state index in [0.29, 0.717) is 18.8 Å². The molecule has 1 aliphatic heterocycles. The van der Waals surface area contributed by atoms with Crippen molar-refractivity contribution >= 4 is 17.3 Å². The molecule has 23 heavy (non-hydrogen) atoms. The van der Waals surface area contributed by atoms with E-state index < -0.39 is 16.6 Å². The summed E-state index contributed by atoms with van der Waals surface area (Å²) in [4.78, 5) is 16.0. The lowest BCUT2D eigenvalue weighted by atomic mass is 10.0. The van der Waals surface area contributed by atoms with Gasteiger partial charge in [-0.25, -0.2) is 13.8 Å². The normalized spacial score (nSPS) is 17.5. The molecular formula is C15H14F2N4O2. The number of rotatable bonds is 3. The van der Waals surface area contributed by atoms with Crippen LogP contribution in [0.15, 0.2) is 30.3 Å². The Balaban J connectivity index is 1.97. The summed E-state index contributed by atoms with van der Waals surface area (Å²) in [5, 5.41) is 10.8. The van der Waals surface area contributed by atoms with Gasteiger partial charge in [0, 0.05) is 18.2 Å². The third kappa shape index (κ3) is 2.79. The molecule has 1 fully saturated rings. The minimum Gasteiger partial charge on any atom is -0.378 e. The number of hydrogen-bond acceptors (Lipinski definition) is 5. The minimum absolute atomic E-state index is 0.196. The molecule has 0 unspecified atom stereocenters. The van der Waals surface area contributed by atoms with Gasteiger partial charge in [-0.1, -0.05) is 0 Å². The van der Waals surface area contributed by atoms with Crippen molar-refractivity contribution in [2.75, 3.05) is 17.2 Å². The van der Waals surface area contributed by atoms with Crippen LogP contribution in [0.1, 0.15) is 24.4 Å². The maximum absolute atomic E-state index is 14.0. The monoisotopic (exact) mass is 320 g/mol. The Bertz CT molecular complexity index is 769. The molecule has 1 saturated heterocycles. The lowest BCUT2D eigenvalue weighted by Crippen LogP contribution is -2.24. The van der Waals surface area contributed by atoms with Crippen LogP contribution in [0.5, 0.6) is 0 Å². The molecule has 2 N–H and O–H groups in total. The summed E-state index contributed by atoms with van der Waals surface area (Å²) < 4.78 is 27.5. The van der Waals surface area contributed by atoms with Crippen molar-refractivity contribution in [1.29, 1.82) is 0 Å². The molecule has 0 amide bonds. The molecular weight excluding hydrogens is 306 g/mol. The molecule has 1 aliphatic rings. The first kappa shape index (κ1) is 15.1. The molecule has 1 atom stereocenters. The van der Waals surface area contributed by atoms with Gasteiger partial charge in [0.1, 0.15) is 17.5 Å². The molecule has 1 aromatic carbocycles. The van der Waals surface area contributed by atoms with Gasteiger partial charge >= 0.3 is 5.69 Å². The number of aromatic nitrogens is 1. The first-order chi connectivity index (χ1) is 11.0. The number of halogens is 2. The molecule has 0 spiro atoms. The number of nitro groups is 1. The Morgan fingerprint density at radius 3 is 2.78 bits per heavy atom. The topological polar surface area (TPSA) is 85.3 Å². The van der Waals surface area contributed by atoms with E-state index in [0.717, 1.165) is 18.6 Å². The van der Waals surface area contributed by atoms with Gasteiger partial charge in [0.15, 0.2) is 0 Å². The fourth-order valence-corrected chi connectivity index (χ4v) is 2.91. The molecule has 6 nitrogen and oxygen atoms in total. The third-order valence-electron chi connectivity index (χ3n) is 3.95. The quantitative estimate of drug-likeness (QED) is 0.693. The van der Waals surface area contributed by atoms with Gasteiger partial charge in [-0.15, -0.1) is 0 Å². The molecule has 120 valence electrons. The second-order valence-corrected chi connectivity index (χ2v) is 5.35. The van der Waals surface area contributed by atoms with Crippen molar-refractivity contribution in [1.82, 2.24) is 4.98 Å². The molecule has 2 aromatic rings. The Hall–Kier alpha value is -2.77. The smallest absolute Gasteiger partial charge is 0.311 e. The van der Waals surface area contributed by atoms with Gasteiger partial charge in [-0.2, -0.15) is 0 Å². The average molecular weight is 320 g/mol. The highest BCUT2D eigenvalue weighted by Crippen LogP contribution is 2.37. The second-order valence-electron chi connectivity index (χ2n) is 5.35. The molecule has 0 aliphatic carbocycles. The lowest BCUT2D eigenvalue weighted by molar-refractivity contribution is -0.384. The average Bonchev–Trinajstić information content (AvgIpc) is 2.98. The zero-order chi connectivity index (χ0) is 16.6. The summed E-state index contributed by atoms with van der Waals surface area (Å²) in [5.74, 6) is -0.778. The predicted molar refractivity (Wildman–Crippen MR) is 81.0 cm³/mol. The highest BCUT2D eigenvalue weighted by atomic mass is 19.1. The first-order valence-electron chi connectivity index (χ1n) is 7.10. The van der Waals surface area contributed by atoms with Crippen LogP contribution in [-0.4, -0.2) is 16.5 Å². The Kier molecular flexibility index (Phi) is 3.81. The van der Waals surface area contributed by atoms with Crippen LogP contribution in [-0.2, 0) is 0 Å². The number of nitrogens with zero attached hydrogens (tertiary/aromatic N) is 3. The molecule has 2 heterocycles. The number of hydrogen-bond donors (Lipinski definition) is 1. The van der Waals surface area contributed by atoms with Crippen molar-refractivity contribution in [3.05, 3.63) is 57.6 Å². The molecule has 0 bridgehead atoms. The van der Waals surface area contributed by atoms with Gasteiger partial charge in [0.2, 0.25) is 5.82 Å². The second kappa shape index (κ2) is 5.79. The number of nitrogen functional groups attached to an aromatic ring is 1. The van der Waals surface area contributed by atoms with Crippen LogP contribution in [0.25, 0.3) is 0 Å². The molecule has 1 aromatic heterocycles. The molecule has 3 rings (SSSR count). The summed E-state index contributed by atoms with van der Waals surface area (Å²) in [6.07, 6.45) is 1.41. The summed E-state index contributed by atoms with van der Waals surface area (Å²) in [5.41, 5.74) is 5.59. The summed E-state index contributed by atoms with van der Waals surface area (Å²) >= 11 is 0. The van der Waals surface area contributed by atoms with E-state index in [2.05, 4.69) is 4.98 Å². The fourth-order valence-electron chi connectivity index (χ4n) is 2.91. The third-order valence-corrected chi connectivity index (χ3v) is 3.95. The van der Waals surface area contributed by atoms with E-state index in [1.165, 1.54) is 18.2 Å². The highest BCUT2D eigenvalue weighted by Gasteiger charge is 2.30. The summed E-state index contributed by atoms with van der Waals surface area (Å²) in [7, 11) is 0. The fraction of sp³-hybridized carbons (Fsp3) is 0.267. The van der Waals surface area contributed by atoms with Crippen LogP contribution >= 0.6 is 0 Å². The largest absolute Gasteiger partial charge is 0.378 e. The SMILES string of the molecule is Nc1nc(N2CCC[C@@H]2c2cc(F)ccc2F)ccc1[N+](=O)[O-]. The van der Waals surface area contributed by atoms with Crippen molar-refractivity contribution in [2.45, 2.75) is 18.9 Å². The summed E-state index contributed by atoms with van der Waals surface area (Å²) in [6.45, 7) is 0.588. The Morgan fingerprint density at radius 1 is 1.30 bits per heavy atom. The zero-order valence-corrected chi connectivity index (χ0v) is 12.1. The predicted octanol–water partition coefficient (Wildman–Crippen LogP) is 3.19. The van der Waals surface area contributed by atoms with E-state index in [1.807, 2.05) is 0 Å². The number of benzene rings is 1. The molecule has 0 radical (unpaired) electrons. The van der Waals surface area contributed by atoms with Crippen molar-refractivity contribution in [3.63, 3.8) is 0 Å². The Morgan fingerprint density at radius 2 is 2.09 bits per heavy atom. The summed E-state index contributed by atoms with van der Waals surface area (Å²) in [6, 6.07) is 5.71. The molecule has 8 heteroatoms. The maximum Gasteiger partial charge on any atom is 0.311 e. The number of anilines is 2. The van der Waals surface area contributed by atoms with Crippen molar-refractivity contribution in [3.8, 4) is 0 Å². The van der Waals surface area contributed by atoms with Crippen molar-refractivity contribution < 1.29 is 13.7 Å². The van der Waals surface area contributed by atoms with E-state index in [4.69, 9.17) is 5.73 Å². The van der Waals surface area contributed by atoms with Crippen LogP contribution < -0.4 is 10.6 Å². The van der Waals surface area contributed by atoms with Gasteiger partial charge in [0.05, 0.1) is 11.0 Å².